The number of hydrogen-bond acceptors (Lipinski definition) is 6. The molecular formula is C21H19NO7. The minimum Gasteiger partial charge on any atom is -0.493 e. The van der Waals surface area contributed by atoms with E-state index in [0.717, 1.165) is 11.1 Å². The fraction of sp³-hybridized carbons (Fsp3) is 0.333. The van der Waals surface area contributed by atoms with Gasteiger partial charge in [-0.15, -0.1) is 0 Å². The summed E-state index contributed by atoms with van der Waals surface area (Å²) >= 11 is 0. The Hall–Kier alpha value is -3.42. The molecule has 0 radical (unpaired) electrons. The number of fused-ring (bicyclic) bond motifs is 5. The monoisotopic (exact) mass is 397 g/mol. The number of amides is 1. The first-order valence-corrected chi connectivity index (χ1v) is 9.25. The lowest BCUT2D eigenvalue weighted by Gasteiger charge is -2.44. The molecule has 0 saturated carbocycles. The summed E-state index contributed by atoms with van der Waals surface area (Å²) in [4.78, 5) is 27.4. The van der Waals surface area contributed by atoms with Crippen molar-refractivity contribution in [3.63, 3.8) is 0 Å². The van der Waals surface area contributed by atoms with Gasteiger partial charge in [-0.05, 0) is 47.4 Å². The van der Waals surface area contributed by atoms with Gasteiger partial charge in [-0.2, -0.15) is 0 Å². The van der Waals surface area contributed by atoms with Gasteiger partial charge in [0.05, 0.1) is 20.3 Å². The second-order valence-electron chi connectivity index (χ2n) is 7.21. The third kappa shape index (κ3) is 2.45. The van der Waals surface area contributed by atoms with E-state index in [9.17, 15) is 14.7 Å². The Bertz CT molecular complexity index is 1050. The van der Waals surface area contributed by atoms with Crippen LogP contribution in [0.25, 0.3) is 0 Å². The van der Waals surface area contributed by atoms with Gasteiger partial charge < -0.3 is 29.0 Å². The summed E-state index contributed by atoms with van der Waals surface area (Å²) in [5.74, 6) is -0.165. The number of ether oxygens (including phenoxy) is 4. The van der Waals surface area contributed by atoms with Gasteiger partial charge in [-0.1, -0.05) is 0 Å². The van der Waals surface area contributed by atoms with Crippen molar-refractivity contribution in [3.05, 3.63) is 46.5 Å². The van der Waals surface area contributed by atoms with E-state index in [1.165, 1.54) is 14.2 Å². The lowest BCUT2D eigenvalue weighted by atomic mass is 9.76. The lowest BCUT2D eigenvalue weighted by Crippen LogP contribution is -2.48. The molecule has 3 heterocycles. The van der Waals surface area contributed by atoms with Crippen molar-refractivity contribution in [2.75, 3.05) is 27.6 Å². The van der Waals surface area contributed by atoms with Gasteiger partial charge >= 0.3 is 5.97 Å². The van der Waals surface area contributed by atoms with Crippen molar-refractivity contribution in [1.82, 2.24) is 4.90 Å². The van der Waals surface area contributed by atoms with Crippen LogP contribution in [-0.4, -0.2) is 49.4 Å². The molecule has 0 saturated heterocycles. The number of methoxy groups -OCH3 is 2. The number of hydrogen-bond donors (Lipinski definition) is 1. The normalized spacial score (nSPS) is 21.2. The Morgan fingerprint density at radius 2 is 1.76 bits per heavy atom. The summed E-state index contributed by atoms with van der Waals surface area (Å²) in [6.07, 6.45) is 0.614. The summed E-state index contributed by atoms with van der Waals surface area (Å²) in [5, 5.41) is 10.2. The maximum absolute atomic E-state index is 13.3. The number of carboxylic acid groups (broad SMARTS) is 1. The van der Waals surface area contributed by atoms with Crippen molar-refractivity contribution in [1.29, 1.82) is 0 Å². The van der Waals surface area contributed by atoms with Crippen molar-refractivity contribution in [2.24, 2.45) is 0 Å². The number of carboxylic acids is 1. The van der Waals surface area contributed by atoms with E-state index in [-0.39, 0.29) is 12.7 Å². The fourth-order valence-electron chi connectivity index (χ4n) is 4.56. The molecule has 150 valence electrons. The molecule has 1 amide bonds. The third-order valence-corrected chi connectivity index (χ3v) is 5.87. The highest BCUT2D eigenvalue weighted by atomic mass is 16.7. The van der Waals surface area contributed by atoms with E-state index < -0.39 is 17.9 Å². The molecule has 2 aromatic carbocycles. The molecule has 0 spiro atoms. The van der Waals surface area contributed by atoms with Crippen LogP contribution in [-0.2, 0) is 11.2 Å². The van der Waals surface area contributed by atoms with Crippen LogP contribution in [0.5, 0.6) is 23.0 Å². The summed E-state index contributed by atoms with van der Waals surface area (Å²) in [6, 6.07) is 6.23. The van der Waals surface area contributed by atoms with Crippen molar-refractivity contribution in [3.8, 4) is 23.0 Å². The van der Waals surface area contributed by atoms with Gasteiger partial charge in [0.25, 0.3) is 5.91 Å². The Balaban J connectivity index is 1.72. The summed E-state index contributed by atoms with van der Waals surface area (Å²) < 4.78 is 21.6. The Labute approximate surface area is 166 Å². The average Bonchev–Trinajstić information content (AvgIpc) is 3.18. The minimum atomic E-state index is -1.01. The smallest absolute Gasteiger partial charge is 0.313 e. The topological polar surface area (TPSA) is 94.5 Å². The summed E-state index contributed by atoms with van der Waals surface area (Å²) in [6.45, 7) is 0.557. The minimum absolute atomic E-state index is 0.133. The zero-order valence-corrected chi connectivity index (χ0v) is 15.9. The van der Waals surface area contributed by atoms with Crippen molar-refractivity contribution in [2.45, 2.75) is 18.4 Å². The molecular weight excluding hydrogens is 378 g/mol. The molecule has 0 bridgehead atoms. The zero-order valence-electron chi connectivity index (χ0n) is 15.9. The SMILES string of the molecule is COc1cc2c(cc1OC)[C@@H](C(=O)O)[C@@H]1c3cc4c(cc3CCN1C2=O)OCO4. The van der Waals surface area contributed by atoms with Gasteiger partial charge in [-0.3, -0.25) is 9.59 Å². The molecule has 5 rings (SSSR count). The molecule has 8 heteroatoms. The zero-order chi connectivity index (χ0) is 20.3. The molecule has 2 atom stereocenters. The molecule has 2 aromatic rings. The molecule has 3 aliphatic heterocycles. The van der Waals surface area contributed by atoms with E-state index in [0.29, 0.717) is 47.1 Å². The largest absolute Gasteiger partial charge is 0.493 e. The Morgan fingerprint density at radius 3 is 2.45 bits per heavy atom. The molecule has 29 heavy (non-hydrogen) atoms. The van der Waals surface area contributed by atoms with E-state index >= 15 is 0 Å². The first-order valence-electron chi connectivity index (χ1n) is 9.25. The highest BCUT2D eigenvalue weighted by Gasteiger charge is 2.47. The van der Waals surface area contributed by atoms with Crippen LogP contribution in [0.15, 0.2) is 24.3 Å². The van der Waals surface area contributed by atoms with E-state index in [4.69, 9.17) is 18.9 Å². The number of aliphatic carboxylic acids is 1. The third-order valence-electron chi connectivity index (χ3n) is 5.87. The number of benzene rings is 2. The standard InChI is InChI=1S/C21H19NO7/c1-26-14-7-12-13(8-15(14)27-2)20(23)22-4-3-10-5-16-17(29-9-28-16)6-11(10)19(22)18(12)21(24)25/h5-8,18-19H,3-4,9H2,1-2H3,(H,24,25)/t18-,19+/m1/s1. The highest BCUT2D eigenvalue weighted by molar-refractivity contribution is 6.01. The first kappa shape index (κ1) is 17.7. The van der Waals surface area contributed by atoms with Crippen molar-refractivity contribution >= 4 is 11.9 Å². The Kier molecular flexibility index (Phi) is 3.84. The van der Waals surface area contributed by atoms with Crippen LogP contribution in [0.4, 0.5) is 0 Å². The van der Waals surface area contributed by atoms with Crippen LogP contribution in [0.1, 0.15) is 39.0 Å². The van der Waals surface area contributed by atoms with Gasteiger partial charge in [0.2, 0.25) is 6.79 Å². The van der Waals surface area contributed by atoms with Gasteiger partial charge in [0.15, 0.2) is 23.0 Å². The second kappa shape index (κ2) is 6.30. The van der Waals surface area contributed by atoms with Crippen LogP contribution >= 0.6 is 0 Å². The first-order chi connectivity index (χ1) is 14.0. The number of rotatable bonds is 3. The quantitative estimate of drug-likeness (QED) is 0.850. The molecule has 0 unspecified atom stereocenters. The van der Waals surface area contributed by atoms with Crippen LogP contribution in [0.2, 0.25) is 0 Å². The van der Waals surface area contributed by atoms with Gasteiger partial charge in [-0.25, -0.2) is 0 Å². The maximum Gasteiger partial charge on any atom is 0.313 e. The lowest BCUT2D eigenvalue weighted by molar-refractivity contribution is -0.140. The predicted octanol–water partition coefficient (Wildman–Crippen LogP) is 2.35. The van der Waals surface area contributed by atoms with Crippen LogP contribution < -0.4 is 18.9 Å². The summed E-state index contributed by atoms with van der Waals surface area (Å²) in [7, 11) is 2.96. The molecule has 8 nitrogen and oxygen atoms in total. The number of nitrogens with zero attached hydrogens (tertiary/aromatic N) is 1. The van der Waals surface area contributed by atoms with E-state index in [1.807, 2.05) is 12.1 Å². The molecule has 0 aliphatic carbocycles. The van der Waals surface area contributed by atoms with Gasteiger partial charge in [0.1, 0.15) is 5.92 Å². The van der Waals surface area contributed by atoms with Crippen LogP contribution in [0, 0.1) is 0 Å². The molecule has 3 aliphatic rings. The second-order valence-corrected chi connectivity index (χ2v) is 7.21. The fourth-order valence-corrected chi connectivity index (χ4v) is 4.56. The van der Waals surface area contributed by atoms with E-state index in [2.05, 4.69) is 0 Å². The maximum atomic E-state index is 13.3. The highest BCUT2D eigenvalue weighted by Crippen LogP contribution is 2.50. The predicted molar refractivity (Wildman–Crippen MR) is 100.0 cm³/mol. The average molecular weight is 397 g/mol. The molecule has 1 N–H and O–H groups in total. The van der Waals surface area contributed by atoms with E-state index in [1.54, 1.807) is 17.0 Å². The number of carbonyl (C=O) groups is 2. The Morgan fingerprint density at radius 1 is 1.07 bits per heavy atom. The summed E-state index contributed by atoms with van der Waals surface area (Å²) in [5.41, 5.74) is 2.50. The van der Waals surface area contributed by atoms with Crippen molar-refractivity contribution < 1.29 is 33.6 Å². The van der Waals surface area contributed by atoms with Gasteiger partial charge in [0, 0.05) is 12.1 Å². The molecule has 0 aromatic heterocycles. The van der Waals surface area contributed by atoms with Crippen LogP contribution in [0.3, 0.4) is 0 Å². The number of carbonyl (C=O) groups excluding carboxylic acids is 1. The molecule has 0 fully saturated rings.